The number of nitrogens with one attached hydrogen (secondary N) is 2. The second-order valence-electron chi connectivity index (χ2n) is 6.88. The maximum absolute atomic E-state index is 12.8. The number of amides is 1. The average Bonchev–Trinajstić information content (AvgIpc) is 3.19. The lowest BCUT2D eigenvalue weighted by atomic mass is 10.1. The zero-order valence-electron chi connectivity index (χ0n) is 16.6. The average molecular weight is 487 g/mol. The van der Waals surface area contributed by atoms with Crippen molar-refractivity contribution >= 4 is 27.5 Å². The molecule has 1 aromatic carbocycles. The minimum Gasteiger partial charge on any atom is -0.347 e. The molecule has 0 bridgehead atoms. The van der Waals surface area contributed by atoms with Crippen LogP contribution in [0.15, 0.2) is 54.9 Å². The summed E-state index contributed by atoms with van der Waals surface area (Å²) in [6, 6.07) is 10.7. The summed E-state index contributed by atoms with van der Waals surface area (Å²) >= 11 is 5.99. The van der Waals surface area contributed by atoms with Crippen LogP contribution in [0.5, 0.6) is 0 Å². The van der Waals surface area contributed by atoms with E-state index in [1.165, 1.54) is 16.8 Å². The van der Waals surface area contributed by atoms with Crippen LogP contribution in [-0.4, -0.2) is 30.1 Å². The summed E-state index contributed by atoms with van der Waals surface area (Å²) in [5.41, 5.74) is 0.681. The Morgan fingerprint density at radius 2 is 1.75 bits per heavy atom. The Hall–Kier alpha value is -2.89. The second kappa shape index (κ2) is 9.31. The number of aromatic nitrogens is 2. The van der Waals surface area contributed by atoms with E-state index in [-0.39, 0.29) is 29.6 Å². The van der Waals surface area contributed by atoms with Crippen molar-refractivity contribution in [3.63, 3.8) is 0 Å². The number of rotatable bonds is 7. The highest BCUT2D eigenvalue weighted by Gasteiger charge is 2.32. The Kier molecular flexibility index (Phi) is 6.91. The molecule has 3 rings (SSSR count). The zero-order valence-corrected chi connectivity index (χ0v) is 18.2. The summed E-state index contributed by atoms with van der Waals surface area (Å²) < 4.78 is 64.5. The summed E-state index contributed by atoms with van der Waals surface area (Å²) in [5.74, 6) is -0.479. The van der Waals surface area contributed by atoms with Gasteiger partial charge in [-0.2, -0.15) is 13.2 Å². The van der Waals surface area contributed by atoms with E-state index < -0.39 is 27.7 Å². The highest BCUT2D eigenvalue weighted by molar-refractivity contribution is 7.88. The minimum absolute atomic E-state index is 0.00227. The molecule has 0 saturated heterocycles. The summed E-state index contributed by atoms with van der Waals surface area (Å²) in [6.45, 7) is 0.331. The standard InChI is InChI=1S/C20H18ClF3N4O3S/c1-32(30,31)27-11-14-6-4-13(5-7-14)10-26-19(29)17-3-2-8-28(17)18-16(21)9-15(12-25-18)20(22,23)24/h2-9,12,27H,10-11H2,1H3,(H,26,29). The van der Waals surface area contributed by atoms with Crippen LogP contribution in [-0.2, 0) is 29.3 Å². The van der Waals surface area contributed by atoms with Crippen molar-refractivity contribution < 1.29 is 26.4 Å². The van der Waals surface area contributed by atoms with E-state index in [1.807, 2.05) is 0 Å². The van der Waals surface area contributed by atoms with Crippen LogP contribution in [0.3, 0.4) is 0 Å². The first-order valence-corrected chi connectivity index (χ1v) is 11.4. The van der Waals surface area contributed by atoms with Crippen molar-refractivity contribution in [2.75, 3.05) is 6.26 Å². The molecule has 0 aliphatic rings. The third-order valence-corrected chi connectivity index (χ3v) is 5.32. The number of nitrogens with zero attached hydrogens (tertiary/aromatic N) is 2. The molecule has 7 nitrogen and oxygen atoms in total. The molecule has 0 radical (unpaired) electrons. The first kappa shape index (κ1) is 23.8. The SMILES string of the molecule is CS(=O)(=O)NCc1ccc(CNC(=O)c2cccn2-c2ncc(C(F)(F)F)cc2Cl)cc1. The van der Waals surface area contributed by atoms with Crippen LogP contribution in [0.25, 0.3) is 5.82 Å². The van der Waals surface area contributed by atoms with E-state index in [0.717, 1.165) is 23.4 Å². The van der Waals surface area contributed by atoms with Gasteiger partial charge in [-0.25, -0.2) is 18.1 Å². The third-order valence-electron chi connectivity index (χ3n) is 4.37. The molecule has 32 heavy (non-hydrogen) atoms. The molecule has 0 unspecified atom stereocenters. The van der Waals surface area contributed by atoms with Crippen LogP contribution in [0, 0.1) is 0 Å². The minimum atomic E-state index is -4.58. The first-order valence-electron chi connectivity index (χ1n) is 9.15. The van der Waals surface area contributed by atoms with Crippen LogP contribution in [0.2, 0.25) is 5.02 Å². The van der Waals surface area contributed by atoms with Gasteiger partial charge in [-0.1, -0.05) is 35.9 Å². The first-order chi connectivity index (χ1) is 14.9. The van der Waals surface area contributed by atoms with Gasteiger partial charge >= 0.3 is 6.18 Å². The molecule has 2 aromatic heterocycles. The molecule has 1 amide bonds. The molecule has 0 fully saturated rings. The zero-order chi connectivity index (χ0) is 23.5. The van der Waals surface area contributed by atoms with Crippen molar-refractivity contribution in [2.45, 2.75) is 19.3 Å². The van der Waals surface area contributed by atoms with Crippen LogP contribution >= 0.6 is 11.6 Å². The van der Waals surface area contributed by atoms with E-state index in [2.05, 4.69) is 15.0 Å². The van der Waals surface area contributed by atoms with E-state index in [9.17, 15) is 26.4 Å². The summed E-state index contributed by atoms with van der Waals surface area (Å²) in [7, 11) is -3.30. The van der Waals surface area contributed by atoms with Crippen molar-refractivity contribution in [3.05, 3.63) is 82.3 Å². The molecule has 0 aliphatic heterocycles. The molecule has 0 spiro atoms. The summed E-state index contributed by atoms with van der Waals surface area (Å²) in [4.78, 5) is 16.4. The van der Waals surface area contributed by atoms with Gasteiger partial charge in [0.25, 0.3) is 5.91 Å². The maximum Gasteiger partial charge on any atom is 0.417 e. The van der Waals surface area contributed by atoms with Gasteiger partial charge in [0.1, 0.15) is 5.69 Å². The van der Waals surface area contributed by atoms with Crippen LogP contribution in [0.1, 0.15) is 27.2 Å². The molecule has 12 heteroatoms. The molecule has 0 aliphatic carbocycles. The molecule has 0 saturated carbocycles. The van der Waals surface area contributed by atoms with Gasteiger partial charge in [0.15, 0.2) is 5.82 Å². The number of alkyl halides is 3. The molecular formula is C20H18ClF3N4O3S. The lowest BCUT2D eigenvalue weighted by Crippen LogP contribution is -2.25. The Labute approximate surface area is 187 Å². The molecule has 2 N–H and O–H groups in total. The van der Waals surface area contributed by atoms with Gasteiger partial charge in [0, 0.05) is 25.5 Å². The number of pyridine rings is 1. The number of carbonyl (C=O) groups is 1. The van der Waals surface area contributed by atoms with Crippen molar-refractivity contribution in [3.8, 4) is 5.82 Å². The van der Waals surface area contributed by atoms with Gasteiger partial charge in [0.2, 0.25) is 10.0 Å². The van der Waals surface area contributed by atoms with Crippen molar-refractivity contribution in [1.29, 1.82) is 0 Å². The summed E-state index contributed by atoms with van der Waals surface area (Å²) in [5, 5.41) is 2.47. The van der Waals surface area contributed by atoms with Crippen LogP contribution in [0.4, 0.5) is 13.2 Å². The Morgan fingerprint density at radius 3 is 2.31 bits per heavy atom. The van der Waals surface area contributed by atoms with E-state index in [0.29, 0.717) is 6.20 Å². The third kappa shape index (κ3) is 6.09. The fourth-order valence-corrected chi connectivity index (χ4v) is 3.46. The second-order valence-corrected chi connectivity index (χ2v) is 9.12. The fraction of sp³-hybridized carbons (Fsp3) is 0.200. The van der Waals surface area contributed by atoms with Gasteiger partial charge in [-0.3, -0.25) is 9.36 Å². The molecule has 0 atom stereocenters. The van der Waals surface area contributed by atoms with Gasteiger partial charge in [-0.15, -0.1) is 0 Å². The number of hydrogen-bond donors (Lipinski definition) is 2. The maximum atomic E-state index is 12.8. The summed E-state index contributed by atoms with van der Waals surface area (Å²) in [6.07, 6.45) is -1.38. The van der Waals surface area contributed by atoms with Crippen LogP contribution < -0.4 is 10.0 Å². The Balaban J connectivity index is 1.69. The fourth-order valence-electron chi connectivity index (χ4n) is 2.78. The van der Waals surface area contributed by atoms with Gasteiger partial charge in [-0.05, 0) is 29.3 Å². The predicted octanol–water partition coefficient (Wildman–Crippen LogP) is 3.52. The van der Waals surface area contributed by atoms with E-state index >= 15 is 0 Å². The molecule has 2 heterocycles. The lowest BCUT2D eigenvalue weighted by Gasteiger charge is -2.13. The van der Waals surface area contributed by atoms with E-state index in [1.54, 1.807) is 30.3 Å². The number of benzene rings is 1. The highest BCUT2D eigenvalue weighted by atomic mass is 35.5. The topological polar surface area (TPSA) is 93.1 Å². The van der Waals surface area contributed by atoms with Gasteiger partial charge in [0.05, 0.1) is 16.8 Å². The van der Waals surface area contributed by atoms with Crippen molar-refractivity contribution in [1.82, 2.24) is 19.6 Å². The van der Waals surface area contributed by atoms with Crippen molar-refractivity contribution in [2.24, 2.45) is 0 Å². The lowest BCUT2D eigenvalue weighted by molar-refractivity contribution is -0.137. The normalized spacial score (nSPS) is 12.0. The predicted molar refractivity (Wildman–Crippen MR) is 113 cm³/mol. The largest absolute Gasteiger partial charge is 0.417 e. The number of halogens is 4. The number of carbonyl (C=O) groups excluding carboxylic acids is 1. The van der Waals surface area contributed by atoms with Gasteiger partial charge < -0.3 is 5.32 Å². The number of hydrogen-bond acceptors (Lipinski definition) is 4. The van der Waals surface area contributed by atoms with E-state index in [4.69, 9.17) is 11.6 Å². The quantitative estimate of drug-likeness (QED) is 0.534. The number of sulfonamides is 1. The molecule has 3 aromatic rings. The molecular weight excluding hydrogens is 469 g/mol. The monoisotopic (exact) mass is 486 g/mol. The highest BCUT2D eigenvalue weighted by Crippen LogP contribution is 2.32. The Morgan fingerprint density at radius 1 is 1.12 bits per heavy atom. The smallest absolute Gasteiger partial charge is 0.347 e. The molecule has 170 valence electrons. The Bertz CT molecular complexity index is 1230.